The van der Waals surface area contributed by atoms with Gasteiger partial charge in [0.25, 0.3) is 0 Å². The molecular weight excluding hydrogens is 242 g/mol. The molecule has 0 aromatic carbocycles. The molecule has 0 aliphatic carbocycles. The van der Waals surface area contributed by atoms with Gasteiger partial charge < -0.3 is 14.7 Å². The zero-order valence-corrected chi connectivity index (χ0v) is 12.8. The van der Waals surface area contributed by atoms with Crippen LogP contribution in [0.1, 0.15) is 30.9 Å². The molecule has 0 unspecified atom stereocenters. The number of amides is 1. The number of nitrogens with zero attached hydrogens (tertiary/aromatic N) is 2. The van der Waals surface area contributed by atoms with Crippen LogP contribution in [0.5, 0.6) is 0 Å². The molecule has 108 valence electrons. The molecule has 0 fully saturated rings. The van der Waals surface area contributed by atoms with Crippen LogP contribution in [0.25, 0.3) is 0 Å². The summed E-state index contributed by atoms with van der Waals surface area (Å²) >= 11 is 0. The van der Waals surface area contributed by atoms with Crippen LogP contribution < -0.4 is 5.32 Å². The Balaban J connectivity index is 2.49. The van der Waals surface area contributed by atoms with Crippen LogP contribution in [0.2, 0.25) is 0 Å². The first-order valence-corrected chi connectivity index (χ1v) is 6.54. The van der Waals surface area contributed by atoms with E-state index in [0.717, 1.165) is 23.6 Å². The van der Waals surface area contributed by atoms with Gasteiger partial charge in [-0.05, 0) is 33.4 Å². The molecule has 1 N–H and O–H groups in total. The van der Waals surface area contributed by atoms with E-state index in [1.165, 1.54) is 0 Å². The smallest absolute Gasteiger partial charge is 0.224 e. The van der Waals surface area contributed by atoms with Gasteiger partial charge in [-0.1, -0.05) is 19.0 Å². The summed E-state index contributed by atoms with van der Waals surface area (Å²) in [5.41, 5.74) is 1.74. The molecule has 1 aromatic heterocycles. The second-order valence-electron chi connectivity index (χ2n) is 6.16. The van der Waals surface area contributed by atoms with Crippen molar-refractivity contribution >= 4 is 5.91 Å². The van der Waals surface area contributed by atoms with Gasteiger partial charge in [0.1, 0.15) is 5.76 Å². The number of rotatable bonds is 6. The fraction of sp³-hybridized carbons (Fsp3) is 0.714. The summed E-state index contributed by atoms with van der Waals surface area (Å²) in [6.07, 6.45) is 0.333. The molecule has 0 atom stereocenters. The number of hydrogen-bond acceptors (Lipinski definition) is 4. The highest BCUT2D eigenvalue weighted by Crippen LogP contribution is 2.15. The maximum Gasteiger partial charge on any atom is 0.224 e. The van der Waals surface area contributed by atoms with Crippen molar-refractivity contribution in [1.29, 1.82) is 0 Å². The average Bonchev–Trinajstić information content (AvgIpc) is 2.57. The lowest BCUT2D eigenvalue weighted by Crippen LogP contribution is -2.40. The highest BCUT2D eigenvalue weighted by atomic mass is 16.5. The Morgan fingerprint density at radius 2 is 2.00 bits per heavy atom. The van der Waals surface area contributed by atoms with Gasteiger partial charge in [-0.2, -0.15) is 0 Å². The Kier molecular flexibility index (Phi) is 5.11. The predicted octanol–water partition coefficient (Wildman–Crippen LogP) is 1.54. The van der Waals surface area contributed by atoms with Crippen LogP contribution in [0.15, 0.2) is 4.52 Å². The van der Waals surface area contributed by atoms with Crippen LogP contribution in [0, 0.1) is 19.3 Å². The lowest BCUT2D eigenvalue weighted by Gasteiger charge is -2.28. The second-order valence-corrected chi connectivity index (χ2v) is 6.16. The zero-order chi connectivity index (χ0) is 14.6. The lowest BCUT2D eigenvalue weighted by molar-refractivity contribution is -0.120. The number of carbonyl (C=O) groups is 1. The van der Waals surface area contributed by atoms with Crippen molar-refractivity contribution in [3.63, 3.8) is 0 Å². The average molecular weight is 267 g/mol. The summed E-state index contributed by atoms with van der Waals surface area (Å²) in [6, 6.07) is 0. The Bertz CT molecular complexity index is 416. The van der Waals surface area contributed by atoms with Crippen molar-refractivity contribution in [2.24, 2.45) is 5.41 Å². The quantitative estimate of drug-likeness (QED) is 0.849. The van der Waals surface area contributed by atoms with E-state index < -0.39 is 0 Å². The van der Waals surface area contributed by atoms with E-state index in [0.29, 0.717) is 13.0 Å². The Morgan fingerprint density at radius 1 is 1.37 bits per heavy atom. The van der Waals surface area contributed by atoms with E-state index in [1.807, 2.05) is 27.9 Å². The van der Waals surface area contributed by atoms with Crippen LogP contribution >= 0.6 is 0 Å². The van der Waals surface area contributed by atoms with Crippen molar-refractivity contribution < 1.29 is 9.32 Å². The van der Waals surface area contributed by atoms with Crippen LogP contribution in [-0.4, -0.2) is 43.1 Å². The first-order chi connectivity index (χ1) is 8.71. The van der Waals surface area contributed by atoms with E-state index in [2.05, 4.69) is 29.2 Å². The van der Waals surface area contributed by atoms with Crippen LogP contribution in [0.4, 0.5) is 0 Å². The third kappa shape index (κ3) is 5.03. The minimum atomic E-state index is 0.0150. The van der Waals surface area contributed by atoms with E-state index in [1.54, 1.807) is 0 Å². The minimum Gasteiger partial charge on any atom is -0.361 e. The summed E-state index contributed by atoms with van der Waals surface area (Å²) in [6.45, 7) is 9.56. The molecule has 1 amide bonds. The summed E-state index contributed by atoms with van der Waals surface area (Å²) in [5.74, 6) is 0.737. The third-order valence-corrected chi connectivity index (χ3v) is 3.03. The second kappa shape index (κ2) is 6.19. The van der Waals surface area contributed by atoms with Gasteiger partial charge in [0.05, 0.1) is 12.1 Å². The molecule has 0 radical (unpaired) electrons. The molecule has 19 heavy (non-hydrogen) atoms. The monoisotopic (exact) mass is 267 g/mol. The molecular formula is C14H25N3O2. The van der Waals surface area contributed by atoms with E-state index >= 15 is 0 Å². The van der Waals surface area contributed by atoms with Gasteiger partial charge in [-0.25, -0.2) is 0 Å². The minimum absolute atomic E-state index is 0.0150. The molecule has 0 saturated heterocycles. The van der Waals surface area contributed by atoms with Crippen molar-refractivity contribution in [1.82, 2.24) is 15.4 Å². The van der Waals surface area contributed by atoms with Gasteiger partial charge in [-0.15, -0.1) is 0 Å². The van der Waals surface area contributed by atoms with Gasteiger partial charge in [0.15, 0.2) is 0 Å². The highest BCUT2D eigenvalue weighted by molar-refractivity contribution is 5.79. The van der Waals surface area contributed by atoms with E-state index in [4.69, 9.17) is 4.52 Å². The van der Waals surface area contributed by atoms with Gasteiger partial charge >= 0.3 is 0 Å². The number of hydrogen-bond donors (Lipinski definition) is 1. The van der Waals surface area contributed by atoms with Gasteiger partial charge in [0.2, 0.25) is 5.91 Å². The molecule has 0 spiro atoms. The molecule has 1 heterocycles. The highest BCUT2D eigenvalue weighted by Gasteiger charge is 2.20. The molecule has 0 aliphatic rings. The van der Waals surface area contributed by atoms with Gasteiger partial charge in [-0.3, -0.25) is 4.79 Å². The number of aryl methyl sites for hydroxylation is 2. The molecule has 1 rings (SSSR count). The maximum absolute atomic E-state index is 12.0. The van der Waals surface area contributed by atoms with Crippen molar-refractivity contribution in [2.45, 2.75) is 34.1 Å². The fourth-order valence-corrected chi connectivity index (χ4v) is 2.23. The Morgan fingerprint density at radius 3 is 2.47 bits per heavy atom. The van der Waals surface area contributed by atoms with Crippen molar-refractivity contribution in [3.8, 4) is 0 Å². The largest absolute Gasteiger partial charge is 0.361 e. The predicted molar refractivity (Wildman–Crippen MR) is 75.0 cm³/mol. The van der Waals surface area contributed by atoms with E-state index in [9.17, 15) is 4.79 Å². The first-order valence-electron chi connectivity index (χ1n) is 6.54. The normalized spacial score (nSPS) is 11.9. The Labute approximate surface area is 115 Å². The summed E-state index contributed by atoms with van der Waals surface area (Å²) < 4.78 is 5.06. The lowest BCUT2D eigenvalue weighted by atomic mass is 9.93. The van der Waals surface area contributed by atoms with Crippen molar-refractivity contribution in [2.75, 3.05) is 27.2 Å². The zero-order valence-electron chi connectivity index (χ0n) is 12.8. The van der Waals surface area contributed by atoms with Crippen LogP contribution in [0.3, 0.4) is 0 Å². The fourth-order valence-electron chi connectivity index (χ4n) is 2.23. The summed E-state index contributed by atoms with van der Waals surface area (Å²) in [4.78, 5) is 14.1. The van der Waals surface area contributed by atoms with Gasteiger partial charge in [0, 0.05) is 18.7 Å². The first kappa shape index (κ1) is 15.7. The molecule has 5 heteroatoms. The van der Waals surface area contributed by atoms with Crippen LogP contribution in [-0.2, 0) is 11.2 Å². The van der Waals surface area contributed by atoms with E-state index in [-0.39, 0.29) is 11.3 Å². The topological polar surface area (TPSA) is 58.4 Å². The third-order valence-electron chi connectivity index (χ3n) is 3.03. The van der Waals surface area contributed by atoms with Crippen molar-refractivity contribution in [3.05, 3.63) is 17.0 Å². The molecule has 1 aromatic rings. The maximum atomic E-state index is 12.0. The molecule has 5 nitrogen and oxygen atoms in total. The SMILES string of the molecule is Cc1noc(C)c1CC(=O)NCC(C)(C)CN(C)C. The number of carbonyl (C=O) groups excluding carboxylic acids is 1. The number of nitrogens with one attached hydrogen (secondary N) is 1. The molecule has 0 aliphatic heterocycles. The summed E-state index contributed by atoms with van der Waals surface area (Å²) in [5, 5.41) is 6.84. The Hall–Kier alpha value is -1.36. The summed E-state index contributed by atoms with van der Waals surface area (Å²) in [7, 11) is 4.07. The number of aromatic nitrogens is 1. The molecule has 0 bridgehead atoms. The standard InChI is InChI=1S/C14H25N3O2/c1-10-12(11(2)19-16-10)7-13(18)15-8-14(3,4)9-17(5)6/h7-9H2,1-6H3,(H,15,18). The molecule has 0 saturated carbocycles.